The van der Waals surface area contributed by atoms with Gasteiger partial charge in [0, 0.05) is 27.5 Å². The highest BCUT2D eigenvalue weighted by molar-refractivity contribution is 6.16. The lowest BCUT2D eigenvalue weighted by molar-refractivity contribution is 0.411. The number of amidine groups is 1. The van der Waals surface area contributed by atoms with Gasteiger partial charge in [0.1, 0.15) is 29.3 Å². The van der Waals surface area contributed by atoms with E-state index in [0.717, 1.165) is 61.0 Å². The van der Waals surface area contributed by atoms with Gasteiger partial charge < -0.3 is 9.73 Å². The molecule has 0 fully saturated rings. The van der Waals surface area contributed by atoms with E-state index < -0.39 is 0 Å². The molecule has 0 radical (unpaired) electrons. The van der Waals surface area contributed by atoms with E-state index >= 15 is 0 Å². The molecule has 1 aromatic heterocycles. The number of nitrogens with zero attached hydrogens (tertiary/aromatic N) is 1. The van der Waals surface area contributed by atoms with Gasteiger partial charge in [-0.25, -0.2) is 4.99 Å². The minimum Gasteiger partial charge on any atom is -0.455 e. The van der Waals surface area contributed by atoms with Gasteiger partial charge in [0.25, 0.3) is 0 Å². The summed E-state index contributed by atoms with van der Waals surface area (Å²) in [6, 6.07) is 62.1. The number of hydrogen-bond donors (Lipinski definition) is 2. The first-order valence-corrected chi connectivity index (χ1v) is 17.4. The van der Waals surface area contributed by atoms with E-state index in [1.165, 1.54) is 27.3 Å². The summed E-state index contributed by atoms with van der Waals surface area (Å²) in [4.78, 5) is 5.24. The molecule has 51 heavy (non-hydrogen) atoms. The Balaban J connectivity index is 1.16. The van der Waals surface area contributed by atoms with E-state index in [4.69, 9.17) is 9.41 Å². The first kappa shape index (κ1) is 29.4. The first-order chi connectivity index (χ1) is 25.3. The molecule has 10 rings (SSSR count). The maximum atomic E-state index is 6.92. The van der Waals surface area contributed by atoms with Crippen LogP contribution < -0.4 is 10.6 Å². The quantitative estimate of drug-likeness (QED) is 0.194. The topological polar surface area (TPSA) is 49.6 Å². The molecule has 0 aliphatic carbocycles. The minimum atomic E-state index is -0.257. The molecule has 1 aliphatic heterocycles. The Morgan fingerprint density at radius 1 is 0.490 bits per heavy atom. The van der Waals surface area contributed by atoms with Crippen LogP contribution in [0.2, 0.25) is 0 Å². The zero-order valence-electron chi connectivity index (χ0n) is 27.8. The zero-order chi connectivity index (χ0) is 33.7. The fraction of sp³-hybridized carbons (Fsp3) is 0.0426. The Morgan fingerprint density at radius 2 is 1.14 bits per heavy atom. The van der Waals surface area contributed by atoms with Crippen LogP contribution in [-0.2, 0) is 0 Å². The molecular weight excluding hydrogens is 623 g/mol. The monoisotopic (exact) mass is 655 g/mol. The fourth-order valence-electron chi connectivity index (χ4n) is 7.63. The Kier molecular flexibility index (Phi) is 7.00. The van der Waals surface area contributed by atoms with Gasteiger partial charge in [0.05, 0.1) is 0 Å². The van der Waals surface area contributed by atoms with Crippen LogP contribution in [0.4, 0.5) is 0 Å². The lowest BCUT2D eigenvalue weighted by Gasteiger charge is -2.32. The smallest absolute Gasteiger partial charge is 0.143 e. The van der Waals surface area contributed by atoms with E-state index in [9.17, 15) is 0 Å². The molecule has 0 spiro atoms. The van der Waals surface area contributed by atoms with E-state index in [0.29, 0.717) is 0 Å². The van der Waals surface area contributed by atoms with E-state index in [2.05, 4.69) is 174 Å². The lowest BCUT2D eigenvalue weighted by Crippen LogP contribution is -2.45. The van der Waals surface area contributed by atoms with Gasteiger partial charge >= 0.3 is 0 Å². The second-order valence-electron chi connectivity index (χ2n) is 13.2. The molecular formula is C47H33N3O. The highest BCUT2D eigenvalue weighted by Crippen LogP contribution is 2.43. The molecule has 0 saturated heterocycles. The van der Waals surface area contributed by atoms with Crippen LogP contribution in [0, 0.1) is 0 Å². The van der Waals surface area contributed by atoms with Gasteiger partial charge in [-0.3, -0.25) is 5.32 Å². The Morgan fingerprint density at radius 3 is 1.94 bits per heavy atom. The summed E-state index contributed by atoms with van der Waals surface area (Å²) in [5.41, 5.74) is 9.60. The predicted molar refractivity (Wildman–Crippen MR) is 211 cm³/mol. The molecule has 242 valence electrons. The Labute approximate surface area is 295 Å². The largest absolute Gasteiger partial charge is 0.455 e. The van der Waals surface area contributed by atoms with Crippen molar-refractivity contribution in [2.24, 2.45) is 4.99 Å². The minimum absolute atomic E-state index is 0.256. The van der Waals surface area contributed by atoms with Gasteiger partial charge in [-0.2, -0.15) is 0 Å². The van der Waals surface area contributed by atoms with Crippen LogP contribution in [0.15, 0.2) is 185 Å². The molecule has 4 heteroatoms. The molecule has 2 unspecified atom stereocenters. The van der Waals surface area contributed by atoms with Crippen molar-refractivity contribution >= 4 is 49.3 Å². The lowest BCUT2D eigenvalue weighted by atomic mass is 9.93. The van der Waals surface area contributed by atoms with Crippen molar-refractivity contribution in [3.8, 4) is 22.3 Å². The molecule has 0 bridgehead atoms. The number of rotatable bonds is 5. The normalized spacial score (nSPS) is 16.0. The van der Waals surface area contributed by atoms with Crippen LogP contribution in [0.3, 0.4) is 0 Å². The summed E-state index contributed by atoms with van der Waals surface area (Å²) in [6.07, 6.45) is -0.513. The molecule has 1 aliphatic rings. The summed E-state index contributed by atoms with van der Waals surface area (Å²) in [5.74, 6) is 0.844. The van der Waals surface area contributed by atoms with Crippen LogP contribution >= 0.6 is 0 Å². The third kappa shape index (κ3) is 5.16. The van der Waals surface area contributed by atoms with E-state index in [-0.39, 0.29) is 12.3 Å². The predicted octanol–water partition coefficient (Wildman–Crippen LogP) is 11.6. The number of fused-ring (bicyclic) bond motifs is 5. The highest BCUT2D eigenvalue weighted by atomic mass is 16.3. The third-order valence-electron chi connectivity index (χ3n) is 10.2. The molecule has 9 aromatic rings. The average molecular weight is 656 g/mol. The van der Waals surface area contributed by atoms with Gasteiger partial charge in [-0.15, -0.1) is 0 Å². The van der Waals surface area contributed by atoms with Gasteiger partial charge in [-0.05, 0) is 55.9 Å². The van der Waals surface area contributed by atoms with Crippen LogP contribution in [-0.4, -0.2) is 5.84 Å². The second kappa shape index (κ2) is 12.1. The molecule has 8 aromatic carbocycles. The number of benzene rings is 8. The zero-order valence-corrected chi connectivity index (χ0v) is 27.8. The molecule has 2 N–H and O–H groups in total. The van der Waals surface area contributed by atoms with Crippen molar-refractivity contribution in [2.45, 2.75) is 12.3 Å². The maximum Gasteiger partial charge on any atom is 0.143 e. The molecule has 0 amide bonds. The summed E-state index contributed by atoms with van der Waals surface area (Å²) >= 11 is 0. The summed E-state index contributed by atoms with van der Waals surface area (Å²) in [6.45, 7) is 0. The van der Waals surface area contributed by atoms with Crippen molar-refractivity contribution in [3.05, 3.63) is 193 Å². The van der Waals surface area contributed by atoms with Crippen LogP contribution in [0.25, 0.3) is 65.7 Å². The molecule has 2 atom stereocenters. The van der Waals surface area contributed by atoms with E-state index in [1.807, 2.05) is 12.1 Å². The Hall–Kier alpha value is -6.49. The van der Waals surface area contributed by atoms with Gasteiger partial charge in [0.2, 0.25) is 0 Å². The summed E-state index contributed by atoms with van der Waals surface area (Å²) < 4.78 is 6.92. The van der Waals surface area contributed by atoms with Crippen molar-refractivity contribution in [1.29, 1.82) is 0 Å². The van der Waals surface area contributed by atoms with Crippen LogP contribution in [0.5, 0.6) is 0 Å². The number of nitrogens with one attached hydrogen (secondary N) is 2. The number of aliphatic imine (C=N–C) groups is 1. The van der Waals surface area contributed by atoms with Crippen molar-refractivity contribution in [3.63, 3.8) is 0 Å². The second-order valence-corrected chi connectivity index (χ2v) is 13.2. The Bertz CT molecular complexity index is 2740. The number of hydrogen-bond acceptors (Lipinski definition) is 4. The first-order valence-electron chi connectivity index (χ1n) is 17.4. The van der Waals surface area contributed by atoms with Crippen molar-refractivity contribution in [2.75, 3.05) is 0 Å². The van der Waals surface area contributed by atoms with E-state index in [1.54, 1.807) is 0 Å². The summed E-state index contributed by atoms with van der Waals surface area (Å²) in [7, 11) is 0. The third-order valence-corrected chi connectivity index (χ3v) is 10.2. The highest BCUT2D eigenvalue weighted by Gasteiger charge is 2.29. The SMILES string of the molecule is c1ccc(-c2ccc(C3=NC(c4ccccc4)NC(c4ccc(-c5cccc6ccccc56)c5oc6cc7ccccc7cc6c45)N3)cc2)cc1. The van der Waals surface area contributed by atoms with Crippen LogP contribution in [0.1, 0.15) is 29.0 Å². The van der Waals surface area contributed by atoms with Gasteiger partial charge in [-0.1, -0.05) is 164 Å². The standard InChI is InChI=1S/C47H33N3O/c1-3-12-30(13-4-1)31-22-24-34(25-23-31)46-48-45(33-15-5-2-6-16-33)49-47(50-46)40-27-26-39(38-21-11-19-32-14-9-10-20-37(32)38)44-43(40)41-28-35-17-7-8-18-36(35)29-42(41)51-44/h1-29,45,47,49H,(H,48,50). The molecule has 0 saturated carbocycles. The summed E-state index contributed by atoms with van der Waals surface area (Å²) in [5, 5.41) is 14.6. The maximum absolute atomic E-state index is 6.92. The molecule has 2 heterocycles. The van der Waals surface area contributed by atoms with Crippen molar-refractivity contribution < 1.29 is 4.42 Å². The number of furan rings is 1. The molecule has 4 nitrogen and oxygen atoms in total. The average Bonchev–Trinajstić information content (AvgIpc) is 3.58. The van der Waals surface area contributed by atoms with Crippen molar-refractivity contribution in [1.82, 2.24) is 10.6 Å². The fourth-order valence-corrected chi connectivity index (χ4v) is 7.63. The van der Waals surface area contributed by atoms with Gasteiger partial charge in [0.15, 0.2) is 0 Å².